The summed E-state index contributed by atoms with van der Waals surface area (Å²) in [5.41, 5.74) is 2.09. The molecule has 5 nitrogen and oxygen atoms in total. The van der Waals surface area contributed by atoms with Gasteiger partial charge in [-0.15, -0.1) is 6.42 Å². The van der Waals surface area contributed by atoms with Gasteiger partial charge < -0.3 is 4.98 Å². The second-order valence-corrected chi connectivity index (χ2v) is 5.48. The monoisotopic (exact) mass is 282 g/mol. The molecule has 0 amide bonds. The minimum Gasteiger partial charge on any atom is -0.321 e. The molecule has 2 aromatic heterocycles. The van der Waals surface area contributed by atoms with Gasteiger partial charge in [0.1, 0.15) is 5.82 Å². The molecular formula is C14H10N4OS. The quantitative estimate of drug-likeness (QED) is 0.743. The zero-order valence-electron chi connectivity index (χ0n) is 10.4. The van der Waals surface area contributed by atoms with Crippen molar-refractivity contribution in [2.45, 2.75) is 4.90 Å². The van der Waals surface area contributed by atoms with Crippen LogP contribution in [-0.2, 0) is 10.8 Å². The maximum absolute atomic E-state index is 11.8. The fourth-order valence-corrected chi connectivity index (χ4v) is 2.56. The molecule has 20 heavy (non-hydrogen) atoms. The Hall–Kier alpha value is -2.52. The summed E-state index contributed by atoms with van der Waals surface area (Å²) in [6, 6.07) is 7.27. The highest BCUT2D eigenvalue weighted by molar-refractivity contribution is 7.85. The second kappa shape index (κ2) is 5.23. The van der Waals surface area contributed by atoms with Gasteiger partial charge in [0.25, 0.3) is 0 Å². The summed E-state index contributed by atoms with van der Waals surface area (Å²) < 4.78 is 11.8. The number of hydrogen-bond acceptors (Lipinski definition) is 4. The Morgan fingerprint density at radius 1 is 1.20 bits per heavy atom. The van der Waals surface area contributed by atoms with Gasteiger partial charge in [-0.2, -0.15) is 0 Å². The number of terminal acetylenes is 1. The van der Waals surface area contributed by atoms with Crippen LogP contribution in [0.4, 0.5) is 0 Å². The molecule has 3 aromatic rings. The van der Waals surface area contributed by atoms with Gasteiger partial charge in [-0.05, 0) is 12.1 Å². The molecule has 0 aliphatic carbocycles. The number of imidazole rings is 1. The van der Waals surface area contributed by atoms with Crippen LogP contribution in [0.15, 0.2) is 41.6 Å². The van der Waals surface area contributed by atoms with Gasteiger partial charge in [0, 0.05) is 22.9 Å². The number of H-pyrrole nitrogens is 1. The van der Waals surface area contributed by atoms with Crippen molar-refractivity contribution >= 4 is 22.1 Å². The summed E-state index contributed by atoms with van der Waals surface area (Å²) in [7, 11) is -1.15. The van der Waals surface area contributed by atoms with Crippen LogP contribution in [0.5, 0.6) is 0 Å². The Labute approximate surface area is 118 Å². The van der Waals surface area contributed by atoms with E-state index in [0.29, 0.717) is 22.0 Å². The van der Waals surface area contributed by atoms with Crippen molar-refractivity contribution in [3.63, 3.8) is 0 Å². The molecule has 2 heterocycles. The first-order valence-electron chi connectivity index (χ1n) is 5.87. The van der Waals surface area contributed by atoms with Crippen molar-refractivity contribution in [2.75, 3.05) is 5.75 Å². The Morgan fingerprint density at radius 2 is 1.95 bits per heavy atom. The average molecular weight is 282 g/mol. The summed E-state index contributed by atoms with van der Waals surface area (Å²) in [6.07, 6.45) is 8.36. The molecule has 0 aliphatic heterocycles. The van der Waals surface area contributed by atoms with E-state index >= 15 is 0 Å². The van der Waals surface area contributed by atoms with Crippen LogP contribution >= 0.6 is 0 Å². The third-order valence-electron chi connectivity index (χ3n) is 2.74. The standard InChI is InChI=1S/C14H10N4OS/c1-2-9-20(19)11-5-3-10(4-6-11)12-17-13-14(18-12)16-8-7-15-13/h1,3-8H,9H2,(H,15,16,17,18). The van der Waals surface area contributed by atoms with E-state index in [2.05, 4.69) is 25.9 Å². The maximum Gasteiger partial charge on any atom is 0.197 e. The number of benzene rings is 1. The number of aromatic nitrogens is 4. The fourth-order valence-electron chi connectivity index (χ4n) is 1.81. The molecule has 0 spiro atoms. The molecule has 1 unspecified atom stereocenters. The summed E-state index contributed by atoms with van der Waals surface area (Å²) in [4.78, 5) is 16.4. The van der Waals surface area contributed by atoms with E-state index in [-0.39, 0.29) is 5.75 Å². The van der Waals surface area contributed by atoms with Gasteiger partial charge in [-0.25, -0.2) is 15.0 Å². The lowest BCUT2D eigenvalue weighted by Crippen LogP contribution is -1.95. The molecule has 98 valence electrons. The Balaban J connectivity index is 1.95. The minimum atomic E-state index is -1.15. The minimum absolute atomic E-state index is 0.220. The van der Waals surface area contributed by atoms with Crippen molar-refractivity contribution in [2.24, 2.45) is 0 Å². The number of nitrogens with zero attached hydrogens (tertiary/aromatic N) is 3. The first kappa shape index (κ1) is 12.5. The fraction of sp³-hybridized carbons (Fsp3) is 0.0714. The number of nitrogens with one attached hydrogen (secondary N) is 1. The van der Waals surface area contributed by atoms with Crippen molar-refractivity contribution in [3.8, 4) is 23.7 Å². The molecule has 1 atom stereocenters. The molecule has 0 radical (unpaired) electrons. The number of fused-ring (bicyclic) bond motifs is 1. The largest absolute Gasteiger partial charge is 0.321 e. The Bertz CT molecular complexity index is 784. The lowest BCUT2D eigenvalue weighted by Gasteiger charge is -2.00. The summed E-state index contributed by atoms with van der Waals surface area (Å²) in [5, 5.41) is 0. The van der Waals surface area contributed by atoms with Crippen LogP contribution in [-0.4, -0.2) is 29.9 Å². The Kier molecular flexibility index (Phi) is 3.27. The zero-order chi connectivity index (χ0) is 13.9. The maximum atomic E-state index is 11.8. The van der Waals surface area contributed by atoms with Gasteiger partial charge in [-0.1, -0.05) is 18.1 Å². The molecule has 0 fully saturated rings. The average Bonchev–Trinajstić information content (AvgIpc) is 2.91. The van der Waals surface area contributed by atoms with Gasteiger partial charge in [-0.3, -0.25) is 4.21 Å². The van der Waals surface area contributed by atoms with Gasteiger partial charge >= 0.3 is 0 Å². The van der Waals surface area contributed by atoms with Gasteiger partial charge in [0.2, 0.25) is 0 Å². The van der Waals surface area contributed by atoms with Crippen molar-refractivity contribution < 1.29 is 4.21 Å². The highest BCUT2D eigenvalue weighted by atomic mass is 32.2. The number of aromatic amines is 1. The van der Waals surface area contributed by atoms with E-state index in [1.54, 1.807) is 24.5 Å². The van der Waals surface area contributed by atoms with E-state index in [1.165, 1.54) is 0 Å². The molecule has 1 N–H and O–H groups in total. The third-order valence-corrected chi connectivity index (χ3v) is 3.97. The van der Waals surface area contributed by atoms with E-state index in [0.717, 1.165) is 5.56 Å². The second-order valence-electron chi connectivity index (χ2n) is 4.03. The topological polar surface area (TPSA) is 71.5 Å². The predicted molar refractivity (Wildman–Crippen MR) is 77.2 cm³/mol. The third kappa shape index (κ3) is 2.31. The molecule has 0 aliphatic rings. The normalized spacial score (nSPS) is 12.2. The van der Waals surface area contributed by atoms with Crippen molar-refractivity contribution in [1.82, 2.24) is 19.9 Å². The highest BCUT2D eigenvalue weighted by Crippen LogP contribution is 2.19. The lowest BCUT2D eigenvalue weighted by molar-refractivity contribution is 0.685. The van der Waals surface area contributed by atoms with E-state index in [4.69, 9.17) is 6.42 Å². The molecule has 0 bridgehead atoms. The number of hydrogen-bond donors (Lipinski definition) is 1. The van der Waals surface area contributed by atoms with Crippen LogP contribution < -0.4 is 0 Å². The molecule has 1 aromatic carbocycles. The summed E-state index contributed by atoms with van der Waals surface area (Å²) in [5.74, 6) is 3.30. The zero-order valence-corrected chi connectivity index (χ0v) is 11.2. The lowest BCUT2D eigenvalue weighted by atomic mass is 10.2. The molecule has 0 saturated heterocycles. The predicted octanol–water partition coefficient (Wildman–Crippen LogP) is 1.76. The smallest absolute Gasteiger partial charge is 0.197 e. The number of rotatable bonds is 3. The van der Waals surface area contributed by atoms with Crippen LogP contribution in [0.1, 0.15) is 0 Å². The van der Waals surface area contributed by atoms with E-state index in [9.17, 15) is 4.21 Å². The van der Waals surface area contributed by atoms with Crippen LogP contribution in [0.25, 0.3) is 22.7 Å². The summed E-state index contributed by atoms with van der Waals surface area (Å²) >= 11 is 0. The molecular weight excluding hydrogens is 272 g/mol. The summed E-state index contributed by atoms with van der Waals surface area (Å²) in [6.45, 7) is 0. The SMILES string of the molecule is C#CCS(=O)c1ccc(-c2nc3nccnc3[nH]2)cc1. The van der Waals surface area contributed by atoms with Crippen LogP contribution in [0.2, 0.25) is 0 Å². The first-order valence-corrected chi connectivity index (χ1v) is 7.19. The van der Waals surface area contributed by atoms with Crippen LogP contribution in [0, 0.1) is 12.3 Å². The molecule has 6 heteroatoms. The first-order chi connectivity index (χ1) is 9.78. The van der Waals surface area contributed by atoms with Crippen LogP contribution in [0.3, 0.4) is 0 Å². The van der Waals surface area contributed by atoms with Gasteiger partial charge in [0.15, 0.2) is 11.3 Å². The van der Waals surface area contributed by atoms with E-state index in [1.807, 2.05) is 12.1 Å². The highest BCUT2D eigenvalue weighted by Gasteiger charge is 2.08. The van der Waals surface area contributed by atoms with Crippen molar-refractivity contribution in [3.05, 3.63) is 36.7 Å². The van der Waals surface area contributed by atoms with E-state index < -0.39 is 10.8 Å². The molecule has 0 saturated carbocycles. The Morgan fingerprint density at radius 3 is 2.65 bits per heavy atom. The van der Waals surface area contributed by atoms with Gasteiger partial charge in [0.05, 0.1) is 16.6 Å². The molecule has 3 rings (SSSR count). The van der Waals surface area contributed by atoms with Crippen molar-refractivity contribution in [1.29, 1.82) is 0 Å².